The summed E-state index contributed by atoms with van der Waals surface area (Å²) in [7, 11) is 1.55. The lowest BCUT2D eigenvalue weighted by Gasteiger charge is -2.23. The van der Waals surface area contributed by atoms with Crippen molar-refractivity contribution in [2.45, 2.75) is 19.3 Å². The summed E-state index contributed by atoms with van der Waals surface area (Å²) >= 11 is 6.14. The predicted molar refractivity (Wildman–Crippen MR) is 69.0 cm³/mol. The van der Waals surface area contributed by atoms with E-state index in [2.05, 4.69) is 5.32 Å². The highest BCUT2D eigenvalue weighted by Crippen LogP contribution is 2.33. The van der Waals surface area contributed by atoms with E-state index in [1.54, 1.807) is 13.2 Å². The number of phenols is 1. The molecule has 0 aliphatic carbocycles. The predicted octanol–water partition coefficient (Wildman–Crippen LogP) is 2.60. The number of halogens is 1. The van der Waals surface area contributed by atoms with E-state index in [0.717, 1.165) is 25.1 Å². The molecular weight excluding hydrogens is 238 g/mol. The summed E-state index contributed by atoms with van der Waals surface area (Å²) in [5.41, 5.74) is 1.05. The Morgan fingerprint density at radius 2 is 2.35 bits per heavy atom. The number of hydrogen-bond acceptors (Lipinski definition) is 3. The van der Waals surface area contributed by atoms with Crippen LogP contribution < -0.4 is 10.1 Å². The standard InChI is InChI=1S/C13H18ClNO2/c1-17-13-6-10(11(14)7-12(13)16)5-9-3-2-4-15-8-9/h6-7,9,15-16H,2-5,8H2,1H3. The summed E-state index contributed by atoms with van der Waals surface area (Å²) in [5.74, 6) is 1.21. The molecule has 2 rings (SSSR count). The Morgan fingerprint density at radius 1 is 1.53 bits per heavy atom. The fourth-order valence-corrected chi connectivity index (χ4v) is 2.55. The Kier molecular flexibility index (Phi) is 4.13. The lowest BCUT2D eigenvalue weighted by atomic mass is 9.92. The lowest BCUT2D eigenvalue weighted by Crippen LogP contribution is -2.30. The molecule has 1 aliphatic rings. The molecule has 94 valence electrons. The van der Waals surface area contributed by atoms with Gasteiger partial charge in [0.2, 0.25) is 0 Å². The van der Waals surface area contributed by atoms with Gasteiger partial charge in [-0.2, -0.15) is 0 Å². The van der Waals surface area contributed by atoms with Gasteiger partial charge in [0.15, 0.2) is 11.5 Å². The van der Waals surface area contributed by atoms with Crippen molar-refractivity contribution in [3.63, 3.8) is 0 Å². The van der Waals surface area contributed by atoms with Crippen LogP contribution in [0.1, 0.15) is 18.4 Å². The van der Waals surface area contributed by atoms with Gasteiger partial charge >= 0.3 is 0 Å². The van der Waals surface area contributed by atoms with Crippen LogP contribution in [0.3, 0.4) is 0 Å². The van der Waals surface area contributed by atoms with Gasteiger partial charge in [0.25, 0.3) is 0 Å². The van der Waals surface area contributed by atoms with Gasteiger partial charge in [-0.05, 0) is 49.9 Å². The SMILES string of the molecule is COc1cc(CC2CCCNC2)c(Cl)cc1O. The number of nitrogens with one attached hydrogen (secondary N) is 1. The van der Waals surface area contributed by atoms with Crippen LogP contribution in [0.15, 0.2) is 12.1 Å². The summed E-state index contributed by atoms with van der Waals surface area (Å²) in [6, 6.07) is 3.40. The largest absolute Gasteiger partial charge is 0.504 e. The maximum absolute atomic E-state index is 9.60. The number of ether oxygens (including phenoxy) is 1. The molecule has 1 aliphatic heterocycles. The van der Waals surface area contributed by atoms with Crippen LogP contribution >= 0.6 is 11.6 Å². The first kappa shape index (κ1) is 12.5. The fourth-order valence-electron chi connectivity index (χ4n) is 2.31. The molecule has 3 nitrogen and oxygen atoms in total. The number of aromatic hydroxyl groups is 1. The second kappa shape index (κ2) is 5.61. The molecule has 0 bridgehead atoms. The zero-order chi connectivity index (χ0) is 12.3. The molecule has 1 aromatic carbocycles. The fraction of sp³-hybridized carbons (Fsp3) is 0.538. The Hall–Kier alpha value is -0.930. The van der Waals surface area contributed by atoms with Crippen LogP contribution in [0.5, 0.6) is 11.5 Å². The Balaban J connectivity index is 2.13. The first-order valence-electron chi connectivity index (χ1n) is 5.97. The van der Waals surface area contributed by atoms with Crippen LogP contribution in [-0.2, 0) is 6.42 Å². The van der Waals surface area contributed by atoms with E-state index in [4.69, 9.17) is 16.3 Å². The second-order valence-electron chi connectivity index (χ2n) is 4.53. The highest BCUT2D eigenvalue weighted by molar-refractivity contribution is 6.31. The number of benzene rings is 1. The van der Waals surface area contributed by atoms with Crippen LogP contribution in [0, 0.1) is 5.92 Å². The van der Waals surface area contributed by atoms with Crippen molar-refractivity contribution < 1.29 is 9.84 Å². The van der Waals surface area contributed by atoms with Crippen molar-refractivity contribution >= 4 is 11.6 Å². The maximum Gasteiger partial charge on any atom is 0.160 e. The van der Waals surface area contributed by atoms with Crippen molar-refractivity contribution in [3.8, 4) is 11.5 Å². The summed E-state index contributed by atoms with van der Waals surface area (Å²) in [6.45, 7) is 2.16. The van der Waals surface area contributed by atoms with E-state index < -0.39 is 0 Å². The molecule has 0 spiro atoms. The normalized spacial score (nSPS) is 20.2. The molecule has 1 atom stereocenters. The van der Waals surface area contributed by atoms with E-state index in [0.29, 0.717) is 16.7 Å². The van der Waals surface area contributed by atoms with Crippen molar-refractivity contribution in [1.29, 1.82) is 0 Å². The quantitative estimate of drug-likeness (QED) is 0.872. The number of rotatable bonds is 3. The molecular formula is C13H18ClNO2. The van der Waals surface area contributed by atoms with Gasteiger partial charge < -0.3 is 15.2 Å². The van der Waals surface area contributed by atoms with E-state index in [9.17, 15) is 5.11 Å². The van der Waals surface area contributed by atoms with Gasteiger partial charge in [-0.3, -0.25) is 0 Å². The van der Waals surface area contributed by atoms with Crippen molar-refractivity contribution in [1.82, 2.24) is 5.32 Å². The molecule has 1 heterocycles. The van der Waals surface area contributed by atoms with Gasteiger partial charge in [-0.1, -0.05) is 11.6 Å². The minimum Gasteiger partial charge on any atom is -0.504 e. The third-order valence-corrected chi connectivity index (χ3v) is 3.61. The van der Waals surface area contributed by atoms with Crippen LogP contribution in [-0.4, -0.2) is 25.3 Å². The first-order valence-corrected chi connectivity index (χ1v) is 6.34. The Morgan fingerprint density at radius 3 is 3.00 bits per heavy atom. The van der Waals surface area contributed by atoms with E-state index in [1.165, 1.54) is 12.8 Å². The zero-order valence-corrected chi connectivity index (χ0v) is 10.8. The molecule has 0 radical (unpaired) electrons. The molecule has 4 heteroatoms. The maximum atomic E-state index is 9.60. The van der Waals surface area contributed by atoms with Crippen LogP contribution in [0.25, 0.3) is 0 Å². The molecule has 1 unspecified atom stereocenters. The third kappa shape index (κ3) is 3.05. The summed E-state index contributed by atoms with van der Waals surface area (Å²) in [6.07, 6.45) is 3.38. The van der Waals surface area contributed by atoms with Crippen LogP contribution in [0.2, 0.25) is 5.02 Å². The van der Waals surface area contributed by atoms with Gasteiger partial charge in [0, 0.05) is 11.1 Å². The number of phenolic OH excluding ortho intramolecular Hbond substituents is 1. The van der Waals surface area contributed by atoms with Gasteiger partial charge in [-0.25, -0.2) is 0 Å². The minimum atomic E-state index is 0.100. The van der Waals surface area contributed by atoms with Crippen molar-refractivity contribution in [3.05, 3.63) is 22.7 Å². The zero-order valence-electron chi connectivity index (χ0n) is 10.0. The molecule has 0 amide bonds. The van der Waals surface area contributed by atoms with E-state index in [-0.39, 0.29) is 5.75 Å². The molecule has 1 fully saturated rings. The molecule has 1 aromatic rings. The molecule has 1 saturated heterocycles. The molecule has 17 heavy (non-hydrogen) atoms. The van der Waals surface area contributed by atoms with Crippen molar-refractivity contribution in [2.75, 3.05) is 20.2 Å². The first-order chi connectivity index (χ1) is 8.20. The second-order valence-corrected chi connectivity index (χ2v) is 4.94. The molecule has 2 N–H and O–H groups in total. The third-order valence-electron chi connectivity index (χ3n) is 3.26. The smallest absolute Gasteiger partial charge is 0.160 e. The van der Waals surface area contributed by atoms with E-state index >= 15 is 0 Å². The number of methoxy groups -OCH3 is 1. The number of hydrogen-bond donors (Lipinski definition) is 2. The summed E-state index contributed by atoms with van der Waals surface area (Å²) in [4.78, 5) is 0. The van der Waals surface area contributed by atoms with Gasteiger partial charge in [0.05, 0.1) is 7.11 Å². The lowest BCUT2D eigenvalue weighted by molar-refractivity contribution is 0.366. The van der Waals surface area contributed by atoms with Crippen LogP contribution in [0.4, 0.5) is 0 Å². The highest BCUT2D eigenvalue weighted by atomic mass is 35.5. The minimum absolute atomic E-state index is 0.100. The average molecular weight is 256 g/mol. The van der Waals surface area contributed by atoms with Crippen molar-refractivity contribution in [2.24, 2.45) is 5.92 Å². The van der Waals surface area contributed by atoms with E-state index in [1.807, 2.05) is 6.07 Å². The topological polar surface area (TPSA) is 41.5 Å². The molecule has 0 aromatic heterocycles. The highest BCUT2D eigenvalue weighted by Gasteiger charge is 2.16. The average Bonchev–Trinajstić information content (AvgIpc) is 2.34. The Labute approximate surface area is 107 Å². The number of piperidine rings is 1. The van der Waals surface area contributed by atoms with Gasteiger partial charge in [-0.15, -0.1) is 0 Å². The summed E-state index contributed by atoms with van der Waals surface area (Å²) in [5, 5.41) is 13.6. The Bertz CT molecular complexity index is 389. The van der Waals surface area contributed by atoms with Gasteiger partial charge in [0.1, 0.15) is 0 Å². The monoisotopic (exact) mass is 255 g/mol. The molecule has 0 saturated carbocycles. The summed E-state index contributed by atoms with van der Waals surface area (Å²) < 4.78 is 5.11.